The molecule has 1 saturated heterocycles. The van der Waals surface area contributed by atoms with Gasteiger partial charge in [-0.3, -0.25) is 4.99 Å². The van der Waals surface area contributed by atoms with Crippen molar-refractivity contribution in [1.29, 1.82) is 0 Å². The molecule has 2 N–H and O–H groups in total. The van der Waals surface area contributed by atoms with Crippen molar-refractivity contribution >= 4 is 17.7 Å². The van der Waals surface area contributed by atoms with Gasteiger partial charge in [-0.1, -0.05) is 19.3 Å². The number of aliphatic hydroxyl groups excluding tert-OH is 1. The van der Waals surface area contributed by atoms with Gasteiger partial charge in [-0.25, -0.2) is 0 Å². The van der Waals surface area contributed by atoms with Crippen molar-refractivity contribution in [2.45, 2.75) is 49.1 Å². The van der Waals surface area contributed by atoms with Crippen LogP contribution in [-0.4, -0.2) is 65.4 Å². The molecule has 0 aromatic heterocycles. The lowest BCUT2D eigenvalue weighted by molar-refractivity contribution is -0.201. The first kappa shape index (κ1) is 17.7. The smallest absolute Gasteiger partial charge is 0.382 e. The predicted octanol–water partition coefficient (Wildman–Crippen LogP) is 2.24. The molecule has 2 fully saturated rings. The second kappa shape index (κ2) is 7.29. The van der Waals surface area contributed by atoms with Gasteiger partial charge in [-0.15, -0.1) is 0 Å². The molecule has 4 nitrogen and oxygen atoms in total. The van der Waals surface area contributed by atoms with Crippen molar-refractivity contribution in [3.8, 4) is 0 Å². The third kappa shape index (κ3) is 4.44. The number of nitrogens with one attached hydrogen (secondary N) is 1. The fraction of sp³-hybridized carbons (Fsp3) is 0.929. The molecule has 1 aliphatic carbocycles. The Kier molecular flexibility index (Phi) is 5.87. The van der Waals surface area contributed by atoms with E-state index in [0.717, 1.165) is 31.7 Å². The highest BCUT2D eigenvalue weighted by atomic mass is 32.2. The lowest BCUT2D eigenvalue weighted by atomic mass is 9.87. The number of aliphatic imine (C=N–C) groups is 1. The van der Waals surface area contributed by atoms with Crippen molar-refractivity contribution in [1.82, 2.24) is 10.2 Å². The first-order valence-corrected chi connectivity index (χ1v) is 8.69. The molecule has 22 heavy (non-hydrogen) atoms. The molecule has 0 radical (unpaired) electrons. The molecule has 0 bridgehead atoms. The van der Waals surface area contributed by atoms with E-state index in [2.05, 4.69) is 10.3 Å². The third-order valence-corrected chi connectivity index (χ3v) is 5.89. The van der Waals surface area contributed by atoms with Gasteiger partial charge in [0.05, 0.1) is 6.54 Å². The quantitative estimate of drug-likeness (QED) is 0.598. The van der Waals surface area contributed by atoms with Gasteiger partial charge in [0.2, 0.25) is 0 Å². The molecule has 2 rings (SSSR count). The SMILES string of the molecule is CN=C(NCC(O)C(F)(F)F)N1CCSC2(CCCCC2)C1. The first-order valence-electron chi connectivity index (χ1n) is 7.71. The van der Waals surface area contributed by atoms with Crippen LogP contribution in [0.5, 0.6) is 0 Å². The second-order valence-corrected chi connectivity index (χ2v) is 7.56. The van der Waals surface area contributed by atoms with Crippen LogP contribution >= 0.6 is 11.8 Å². The summed E-state index contributed by atoms with van der Waals surface area (Å²) in [6.07, 6.45) is -0.931. The Bertz CT molecular complexity index is 392. The van der Waals surface area contributed by atoms with E-state index in [1.54, 1.807) is 7.05 Å². The average Bonchev–Trinajstić information content (AvgIpc) is 2.47. The standard InChI is InChI=1S/C14H24F3N3OS/c1-18-12(19-9-11(21)14(15,16)17)20-7-8-22-13(10-20)5-3-2-4-6-13/h11,21H,2-10H2,1H3,(H,18,19). The molecular formula is C14H24F3N3OS. The lowest BCUT2D eigenvalue weighted by Gasteiger charge is -2.45. The van der Waals surface area contributed by atoms with E-state index in [-0.39, 0.29) is 4.75 Å². The highest BCUT2D eigenvalue weighted by Gasteiger charge is 2.40. The molecule has 1 atom stereocenters. The van der Waals surface area contributed by atoms with E-state index in [1.807, 2.05) is 16.7 Å². The zero-order valence-corrected chi connectivity index (χ0v) is 13.6. The monoisotopic (exact) mass is 339 g/mol. The van der Waals surface area contributed by atoms with Crippen molar-refractivity contribution in [2.75, 3.05) is 32.4 Å². The van der Waals surface area contributed by atoms with Crippen LogP contribution in [0.15, 0.2) is 4.99 Å². The number of rotatable bonds is 2. The fourth-order valence-electron chi connectivity index (χ4n) is 3.16. The normalized spacial score (nSPS) is 24.4. The summed E-state index contributed by atoms with van der Waals surface area (Å²) in [5, 5.41) is 11.8. The highest BCUT2D eigenvalue weighted by molar-refractivity contribution is 8.00. The van der Waals surface area contributed by atoms with Gasteiger partial charge in [0.25, 0.3) is 0 Å². The molecule has 1 heterocycles. The molecule has 2 aliphatic rings. The average molecular weight is 339 g/mol. The maximum atomic E-state index is 12.4. The number of hydrogen-bond donors (Lipinski definition) is 2. The largest absolute Gasteiger partial charge is 0.416 e. The molecule has 1 saturated carbocycles. The minimum absolute atomic E-state index is 0.219. The number of halogens is 3. The van der Waals surface area contributed by atoms with E-state index in [0.29, 0.717) is 5.96 Å². The fourth-order valence-corrected chi connectivity index (χ4v) is 4.73. The summed E-state index contributed by atoms with van der Waals surface area (Å²) in [4.78, 5) is 6.12. The topological polar surface area (TPSA) is 47.9 Å². The first-order chi connectivity index (χ1) is 10.4. The van der Waals surface area contributed by atoms with Crippen molar-refractivity contribution in [3.05, 3.63) is 0 Å². The van der Waals surface area contributed by atoms with E-state index in [1.165, 1.54) is 19.3 Å². The summed E-state index contributed by atoms with van der Waals surface area (Å²) in [7, 11) is 1.57. The Morgan fingerprint density at radius 2 is 2.05 bits per heavy atom. The summed E-state index contributed by atoms with van der Waals surface area (Å²) in [5.41, 5.74) is 0. The maximum Gasteiger partial charge on any atom is 0.416 e. The van der Waals surface area contributed by atoms with Crippen molar-refractivity contribution < 1.29 is 18.3 Å². The van der Waals surface area contributed by atoms with Gasteiger partial charge >= 0.3 is 6.18 Å². The summed E-state index contributed by atoms with van der Waals surface area (Å²) in [6, 6.07) is 0. The predicted molar refractivity (Wildman–Crippen MR) is 83.3 cm³/mol. The molecular weight excluding hydrogens is 315 g/mol. The van der Waals surface area contributed by atoms with Gasteiger partial charge in [0, 0.05) is 30.6 Å². The Morgan fingerprint density at radius 1 is 1.36 bits per heavy atom. The van der Waals surface area contributed by atoms with Crippen LogP contribution in [-0.2, 0) is 0 Å². The van der Waals surface area contributed by atoms with Crippen molar-refractivity contribution in [3.63, 3.8) is 0 Å². The van der Waals surface area contributed by atoms with Crippen LogP contribution in [0.3, 0.4) is 0 Å². The Morgan fingerprint density at radius 3 is 2.64 bits per heavy atom. The van der Waals surface area contributed by atoms with Gasteiger partial charge < -0.3 is 15.3 Å². The number of alkyl halides is 3. The summed E-state index contributed by atoms with van der Waals surface area (Å²) in [6.45, 7) is 1.03. The zero-order chi connectivity index (χ0) is 16.2. The Balaban J connectivity index is 1.93. The van der Waals surface area contributed by atoms with Crippen LogP contribution in [0.25, 0.3) is 0 Å². The second-order valence-electron chi connectivity index (χ2n) is 6.00. The van der Waals surface area contributed by atoms with E-state index in [9.17, 15) is 13.2 Å². The molecule has 1 aliphatic heterocycles. The number of hydrogen-bond acceptors (Lipinski definition) is 3. The minimum Gasteiger partial charge on any atom is -0.382 e. The molecule has 128 valence electrons. The molecule has 1 unspecified atom stereocenters. The van der Waals surface area contributed by atoms with Crippen molar-refractivity contribution in [2.24, 2.45) is 4.99 Å². The van der Waals surface area contributed by atoms with Gasteiger partial charge in [-0.05, 0) is 12.8 Å². The minimum atomic E-state index is -4.60. The zero-order valence-electron chi connectivity index (χ0n) is 12.8. The van der Waals surface area contributed by atoms with E-state index < -0.39 is 18.8 Å². The Labute approximate surface area is 133 Å². The third-order valence-electron chi connectivity index (χ3n) is 4.36. The van der Waals surface area contributed by atoms with Gasteiger partial charge in [0.1, 0.15) is 0 Å². The van der Waals surface area contributed by atoms with E-state index >= 15 is 0 Å². The number of guanidine groups is 1. The van der Waals surface area contributed by atoms with Crippen LogP contribution in [0, 0.1) is 0 Å². The molecule has 1 spiro atoms. The Hall–Kier alpha value is -0.630. The van der Waals surface area contributed by atoms with Gasteiger partial charge in [0.15, 0.2) is 12.1 Å². The van der Waals surface area contributed by atoms with E-state index in [4.69, 9.17) is 5.11 Å². The van der Waals surface area contributed by atoms with Crippen LogP contribution in [0.4, 0.5) is 13.2 Å². The molecule has 0 amide bonds. The molecule has 0 aromatic carbocycles. The lowest BCUT2D eigenvalue weighted by Crippen LogP contribution is -2.55. The van der Waals surface area contributed by atoms with Crippen LogP contribution < -0.4 is 5.32 Å². The summed E-state index contributed by atoms with van der Waals surface area (Å²) >= 11 is 1.99. The summed E-state index contributed by atoms with van der Waals surface area (Å²) in [5.74, 6) is 1.41. The highest BCUT2D eigenvalue weighted by Crippen LogP contribution is 2.42. The summed E-state index contributed by atoms with van der Waals surface area (Å²) < 4.78 is 37.4. The molecule has 8 heteroatoms. The maximum absolute atomic E-state index is 12.4. The number of thioether (sulfide) groups is 1. The number of nitrogens with zero attached hydrogens (tertiary/aromatic N) is 2. The number of aliphatic hydroxyl groups is 1. The molecule has 0 aromatic rings. The van der Waals surface area contributed by atoms with Gasteiger partial charge in [-0.2, -0.15) is 24.9 Å². The van der Waals surface area contributed by atoms with Crippen LogP contribution in [0.2, 0.25) is 0 Å². The van der Waals surface area contributed by atoms with Crippen LogP contribution in [0.1, 0.15) is 32.1 Å².